The second-order valence-corrected chi connectivity index (χ2v) is 6.67. The molecule has 0 spiro atoms. The molecule has 0 radical (unpaired) electrons. The van der Waals surface area contributed by atoms with Crippen molar-refractivity contribution in [3.8, 4) is 11.5 Å². The third-order valence-corrected chi connectivity index (χ3v) is 4.82. The molecule has 150 valence electrons. The first-order valence-corrected chi connectivity index (χ1v) is 9.66. The van der Waals surface area contributed by atoms with Crippen molar-refractivity contribution < 1.29 is 19.0 Å². The minimum atomic E-state index is -0.355. The number of rotatable bonds is 8. The van der Waals surface area contributed by atoms with E-state index in [1.165, 1.54) is 11.1 Å². The molecule has 1 heterocycles. The quantitative estimate of drug-likeness (QED) is 0.707. The van der Waals surface area contributed by atoms with Crippen molar-refractivity contribution in [2.75, 3.05) is 40.0 Å². The zero-order chi connectivity index (χ0) is 19.8. The largest absolute Gasteiger partial charge is 0.496 e. The Hall–Kier alpha value is -2.57. The van der Waals surface area contributed by atoms with Gasteiger partial charge in [0.2, 0.25) is 0 Å². The van der Waals surface area contributed by atoms with Gasteiger partial charge >= 0.3 is 5.97 Å². The zero-order valence-corrected chi connectivity index (χ0v) is 16.5. The molecule has 1 aliphatic rings. The monoisotopic (exact) mass is 384 g/mol. The fraction of sp³-hybridized carbons (Fsp3) is 0.409. The SMILES string of the molecule is CCOC(=O)COc1ccc(CN2CCNCC2c2ccccc2OC)cc1. The summed E-state index contributed by atoms with van der Waals surface area (Å²) in [5.41, 5.74) is 2.40. The number of benzene rings is 2. The van der Waals surface area contributed by atoms with Gasteiger partial charge in [-0.25, -0.2) is 4.79 Å². The summed E-state index contributed by atoms with van der Waals surface area (Å²) < 4.78 is 15.9. The van der Waals surface area contributed by atoms with Gasteiger partial charge in [-0.1, -0.05) is 30.3 Å². The first kappa shape index (κ1) is 20.2. The predicted octanol–water partition coefficient (Wildman–Crippen LogP) is 2.78. The normalized spacial score (nSPS) is 17.1. The van der Waals surface area contributed by atoms with E-state index in [0.717, 1.165) is 31.9 Å². The van der Waals surface area contributed by atoms with E-state index in [1.807, 2.05) is 36.4 Å². The van der Waals surface area contributed by atoms with E-state index in [1.54, 1.807) is 14.0 Å². The first-order valence-electron chi connectivity index (χ1n) is 9.66. The van der Waals surface area contributed by atoms with Gasteiger partial charge in [-0.2, -0.15) is 0 Å². The molecule has 1 atom stereocenters. The van der Waals surface area contributed by atoms with Crippen LogP contribution in [0, 0.1) is 0 Å². The lowest BCUT2D eigenvalue weighted by Gasteiger charge is -2.37. The van der Waals surface area contributed by atoms with E-state index in [9.17, 15) is 4.79 Å². The third kappa shape index (κ3) is 5.24. The summed E-state index contributed by atoms with van der Waals surface area (Å²) in [6, 6.07) is 16.3. The summed E-state index contributed by atoms with van der Waals surface area (Å²) in [6.45, 7) is 5.72. The summed E-state index contributed by atoms with van der Waals surface area (Å²) in [4.78, 5) is 13.9. The fourth-order valence-electron chi connectivity index (χ4n) is 3.45. The molecule has 1 fully saturated rings. The highest BCUT2D eigenvalue weighted by Gasteiger charge is 2.26. The molecule has 1 unspecified atom stereocenters. The number of carbonyl (C=O) groups is 1. The van der Waals surface area contributed by atoms with Gasteiger partial charge in [0.15, 0.2) is 6.61 Å². The van der Waals surface area contributed by atoms with E-state index < -0.39 is 0 Å². The summed E-state index contributed by atoms with van der Waals surface area (Å²) >= 11 is 0. The molecule has 0 bridgehead atoms. The van der Waals surface area contributed by atoms with Crippen molar-refractivity contribution in [3.63, 3.8) is 0 Å². The lowest BCUT2D eigenvalue weighted by atomic mass is 10.0. The number of para-hydroxylation sites is 1. The molecule has 3 rings (SSSR count). The van der Waals surface area contributed by atoms with Crippen molar-refractivity contribution >= 4 is 5.97 Å². The van der Waals surface area contributed by atoms with Crippen LogP contribution < -0.4 is 14.8 Å². The predicted molar refractivity (Wildman–Crippen MR) is 108 cm³/mol. The second-order valence-electron chi connectivity index (χ2n) is 6.67. The lowest BCUT2D eigenvalue weighted by molar-refractivity contribution is -0.145. The topological polar surface area (TPSA) is 60.0 Å². The number of ether oxygens (including phenoxy) is 3. The van der Waals surface area contributed by atoms with Gasteiger partial charge in [0, 0.05) is 31.7 Å². The Morgan fingerprint density at radius 1 is 1.18 bits per heavy atom. The molecular weight excluding hydrogens is 356 g/mol. The summed E-state index contributed by atoms with van der Waals surface area (Å²) in [7, 11) is 1.72. The van der Waals surface area contributed by atoms with Crippen molar-refractivity contribution in [1.29, 1.82) is 0 Å². The van der Waals surface area contributed by atoms with E-state index in [2.05, 4.69) is 22.3 Å². The van der Waals surface area contributed by atoms with Crippen LogP contribution in [0.1, 0.15) is 24.1 Å². The Morgan fingerprint density at radius 2 is 1.96 bits per heavy atom. The maximum absolute atomic E-state index is 11.4. The van der Waals surface area contributed by atoms with Gasteiger partial charge in [0.25, 0.3) is 0 Å². The van der Waals surface area contributed by atoms with Crippen LogP contribution in [-0.2, 0) is 16.1 Å². The number of hydrogen-bond acceptors (Lipinski definition) is 6. The highest BCUT2D eigenvalue weighted by molar-refractivity contribution is 5.71. The van der Waals surface area contributed by atoms with Gasteiger partial charge in [-0.3, -0.25) is 4.90 Å². The molecule has 6 nitrogen and oxygen atoms in total. The number of piperazine rings is 1. The van der Waals surface area contributed by atoms with Crippen LogP contribution in [0.5, 0.6) is 11.5 Å². The lowest BCUT2D eigenvalue weighted by Crippen LogP contribution is -2.45. The molecule has 1 N–H and O–H groups in total. The molecule has 1 saturated heterocycles. The second kappa shape index (κ2) is 10.1. The molecule has 2 aromatic rings. The molecule has 2 aromatic carbocycles. The van der Waals surface area contributed by atoms with Crippen molar-refractivity contribution in [2.24, 2.45) is 0 Å². The molecule has 0 amide bonds. The van der Waals surface area contributed by atoms with Crippen LogP contribution in [-0.4, -0.2) is 50.8 Å². The minimum absolute atomic E-state index is 0.0686. The van der Waals surface area contributed by atoms with Gasteiger partial charge in [0.1, 0.15) is 11.5 Å². The average Bonchev–Trinajstić information content (AvgIpc) is 2.74. The number of nitrogens with one attached hydrogen (secondary N) is 1. The maximum atomic E-state index is 11.4. The van der Waals surface area contributed by atoms with Crippen molar-refractivity contribution in [1.82, 2.24) is 10.2 Å². The third-order valence-electron chi connectivity index (χ3n) is 4.82. The van der Waals surface area contributed by atoms with Crippen molar-refractivity contribution in [3.05, 3.63) is 59.7 Å². The number of esters is 1. The molecular formula is C22H28N2O4. The molecule has 0 aromatic heterocycles. The number of hydrogen-bond donors (Lipinski definition) is 1. The van der Waals surface area contributed by atoms with Crippen LogP contribution >= 0.6 is 0 Å². The number of nitrogens with zero attached hydrogens (tertiary/aromatic N) is 1. The first-order chi connectivity index (χ1) is 13.7. The van der Waals surface area contributed by atoms with Crippen LogP contribution in [0.15, 0.2) is 48.5 Å². The van der Waals surface area contributed by atoms with E-state index >= 15 is 0 Å². The molecule has 1 aliphatic heterocycles. The molecule has 28 heavy (non-hydrogen) atoms. The van der Waals surface area contributed by atoms with Crippen LogP contribution in [0.4, 0.5) is 0 Å². The molecule has 6 heteroatoms. The minimum Gasteiger partial charge on any atom is -0.496 e. The van der Waals surface area contributed by atoms with Crippen LogP contribution in [0.2, 0.25) is 0 Å². The summed E-state index contributed by atoms with van der Waals surface area (Å²) in [5.74, 6) is 1.23. The molecule has 0 saturated carbocycles. The number of methoxy groups -OCH3 is 1. The van der Waals surface area contributed by atoms with Crippen LogP contribution in [0.25, 0.3) is 0 Å². The number of carbonyl (C=O) groups excluding carboxylic acids is 1. The van der Waals surface area contributed by atoms with E-state index in [0.29, 0.717) is 12.4 Å². The smallest absolute Gasteiger partial charge is 0.344 e. The van der Waals surface area contributed by atoms with Crippen LogP contribution in [0.3, 0.4) is 0 Å². The van der Waals surface area contributed by atoms with Gasteiger partial charge < -0.3 is 19.5 Å². The van der Waals surface area contributed by atoms with E-state index in [4.69, 9.17) is 14.2 Å². The summed E-state index contributed by atoms with van der Waals surface area (Å²) in [6.07, 6.45) is 0. The van der Waals surface area contributed by atoms with Crippen molar-refractivity contribution in [2.45, 2.75) is 19.5 Å². The Bertz CT molecular complexity index is 763. The zero-order valence-electron chi connectivity index (χ0n) is 16.5. The Morgan fingerprint density at radius 3 is 2.71 bits per heavy atom. The maximum Gasteiger partial charge on any atom is 0.344 e. The average molecular weight is 384 g/mol. The standard InChI is InChI=1S/C22H28N2O4/c1-3-27-22(25)16-28-18-10-8-17(9-11-18)15-24-13-12-23-14-20(24)19-6-4-5-7-21(19)26-2/h4-11,20,23H,3,12-16H2,1-2H3. The highest BCUT2D eigenvalue weighted by Crippen LogP contribution is 2.31. The van der Waals surface area contributed by atoms with E-state index in [-0.39, 0.29) is 18.6 Å². The van der Waals surface area contributed by atoms with Gasteiger partial charge in [-0.15, -0.1) is 0 Å². The Balaban J connectivity index is 1.65. The van der Waals surface area contributed by atoms with Gasteiger partial charge in [-0.05, 0) is 30.7 Å². The summed E-state index contributed by atoms with van der Waals surface area (Å²) in [5, 5.41) is 3.49. The van der Waals surface area contributed by atoms with Gasteiger partial charge in [0.05, 0.1) is 19.8 Å². The Kier molecular flexibility index (Phi) is 7.28. The highest BCUT2D eigenvalue weighted by atomic mass is 16.6. The Labute approximate surface area is 166 Å². The molecule has 0 aliphatic carbocycles. The fourth-order valence-corrected chi connectivity index (χ4v) is 3.45.